The maximum absolute atomic E-state index is 13.7. The zero-order chi connectivity index (χ0) is 20.5. The highest BCUT2D eigenvalue weighted by atomic mass is 16.5. The molecule has 28 heavy (non-hydrogen) atoms. The Hall–Kier alpha value is -2.41. The van der Waals surface area contributed by atoms with Gasteiger partial charge in [0.05, 0.1) is 6.61 Å². The molecule has 3 amide bonds. The highest BCUT2D eigenvalue weighted by Crippen LogP contribution is 2.34. The summed E-state index contributed by atoms with van der Waals surface area (Å²) in [6.45, 7) is 4.90. The number of nitrogens with zero attached hydrogens (tertiary/aromatic N) is 2. The number of carbonyl (C=O) groups excluding carboxylic acids is 3. The van der Waals surface area contributed by atoms with E-state index in [2.05, 4.69) is 5.32 Å². The number of amides is 3. The van der Waals surface area contributed by atoms with E-state index in [1.807, 2.05) is 32.0 Å². The van der Waals surface area contributed by atoms with Crippen molar-refractivity contribution in [1.29, 1.82) is 0 Å². The molecule has 2 heterocycles. The van der Waals surface area contributed by atoms with Crippen molar-refractivity contribution in [1.82, 2.24) is 15.1 Å². The summed E-state index contributed by atoms with van der Waals surface area (Å²) in [6.07, 6.45) is 1.27. The highest BCUT2D eigenvalue weighted by Gasteiger charge is 2.52. The molecular formula is C21H29N3O4. The Balaban J connectivity index is 1.94. The van der Waals surface area contributed by atoms with Crippen molar-refractivity contribution in [3.63, 3.8) is 0 Å². The number of nitrogens with one attached hydrogen (secondary N) is 1. The van der Waals surface area contributed by atoms with Crippen LogP contribution in [0.15, 0.2) is 24.3 Å². The van der Waals surface area contributed by atoms with E-state index in [4.69, 9.17) is 4.74 Å². The maximum Gasteiger partial charge on any atom is 0.255 e. The van der Waals surface area contributed by atoms with E-state index < -0.39 is 11.6 Å². The molecule has 1 saturated heterocycles. The number of hydrogen-bond acceptors (Lipinski definition) is 4. The van der Waals surface area contributed by atoms with E-state index in [-0.39, 0.29) is 30.2 Å². The normalized spacial score (nSPS) is 22.5. The Bertz CT molecular complexity index is 779. The molecule has 1 aromatic carbocycles. The molecule has 0 saturated carbocycles. The minimum absolute atomic E-state index is 0.0868. The van der Waals surface area contributed by atoms with Gasteiger partial charge in [-0.1, -0.05) is 32.0 Å². The summed E-state index contributed by atoms with van der Waals surface area (Å²) in [5.74, 6) is -0.622. The number of hydrogen-bond donors (Lipinski definition) is 1. The monoisotopic (exact) mass is 387 g/mol. The third kappa shape index (κ3) is 3.17. The largest absolute Gasteiger partial charge is 0.382 e. The van der Waals surface area contributed by atoms with Gasteiger partial charge in [-0.3, -0.25) is 14.4 Å². The third-order valence-corrected chi connectivity index (χ3v) is 5.86. The molecule has 1 fully saturated rings. The van der Waals surface area contributed by atoms with Gasteiger partial charge >= 0.3 is 0 Å². The Morgan fingerprint density at radius 3 is 2.61 bits per heavy atom. The van der Waals surface area contributed by atoms with Gasteiger partial charge in [-0.15, -0.1) is 0 Å². The van der Waals surface area contributed by atoms with Gasteiger partial charge in [-0.05, 0) is 30.4 Å². The third-order valence-electron chi connectivity index (χ3n) is 5.86. The fourth-order valence-corrected chi connectivity index (χ4v) is 4.56. The summed E-state index contributed by atoms with van der Waals surface area (Å²) in [6, 6.07) is 6.83. The fourth-order valence-electron chi connectivity index (χ4n) is 4.56. The second kappa shape index (κ2) is 7.91. The van der Waals surface area contributed by atoms with Crippen LogP contribution >= 0.6 is 0 Å². The fraction of sp³-hybridized carbons (Fsp3) is 0.571. The molecule has 2 atom stereocenters. The lowest BCUT2D eigenvalue weighted by molar-refractivity contribution is -0.152. The van der Waals surface area contributed by atoms with Crippen LogP contribution in [0, 0.1) is 5.92 Å². The molecule has 0 bridgehead atoms. The maximum atomic E-state index is 13.7. The van der Waals surface area contributed by atoms with Gasteiger partial charge in [-0.25, -0.2) is 0 Å². The number of benzene rings is 1. The van der Waals surface area contributed by atoms with Crippen LogP contribution < -0.4 is 5.32 Å². The Kier molecular flexibility index (Phi) is 5.74. The van der Waals surface area contributed by atoms with Crippen LogP contribution in [0.3, 0.4) is 0 Å². The summed E-state index contributed by atoms with van der Waals surface area (Å²) >= 11 is 0. The van der Waals surface area contributed by atoms with Gasteiger partial charge in [0.1, 0.15) is 11.6 Å². The second-order valence-electron chi connectivity index (χ2n) is 7.92. The van der Waals surface area contributed by atoms with Crippen LogP contribution in [-0.2, 0) is 20.9 Å². The van der Waals surface area contributed by atoms with Crippen LogP contribution in [0.1, 0.15) is 42.6 Å². The molecule has 1 N–H and O–H groups in total. The van der Waals surface area contributed by atoms with E-state index in [1.54, 1.807) is 22.9 Å². The Morgan fingerprint density at radius 1 is 1.29 bits per heavy atom. The van der Waals surface area contributed by atoms with Crippen molar-refractivity contribution in [2.75, 3.05) is 27.3 Å². The predicted molar refractivity (Wildman–Crippen MR) is 105 cm³/mol. The molecule has 152 valence electrons. The van der Waals surface area contributed by atoms with Crippen molar-refractivity contribution >= 4 is 17.7 Å². The van der Waals surface area contributed by atoms with E-state index in [0.717, 1.165) is 12.0 Å². The van der Waals surface area contributed by atoms with Crippen LogP contribution in [0.4, 0.5) is 0 Å². The SMILES string of the molecule is CNC(=O)C1(COC)CCCN1C(=O)[C@H](C(C)C)N1Cc2ccccc2C1=O. The van der Waals surface area contributed by atoms with Crippen LogP contribution in [0.2, 0.25) is 0 Å². The standard InChI is InChI=1S/C21H29N3O4/c1-14(2)17(23-12-15-8-5-6-9-16(15)18(23)25)19(26)24-11-7-10-21(24,13-28-4)20(27)22-3/h5-6,8-9,14,17H,7,10-13H2,1-4H3,(H,22,27)/t17-,21?/m0/s1. The molecule has 1 aromatic rings. The average molecular weight is 387 g/mol. The molecular weight excluding hydrogens is 358 g/mol. The number of rotatable bonds is 6. The number of likely N-dealkylation sites (tertiary alicyclic amines) is 1. The van der Waals surface area contributed by atoms with E-state index in [9.17, 15) is 14.4 Å². The predicted octanol–water partition coefficient (Wildman–Crippen LogP) is 1.42. The molecule has 0 aromatic heterocycles. The molecule has 1 unspecified atom stereocenters. The number of fused-ring (bicyclic) bond motifs is 1. The first-order chi connectivity index (χ1) is 13.4. The summed E-state index contributed by atoms with van der Waals surface area (Å²) in [4.78, 5) is 42.7. The van der Waals surface area contributed by atoms with Gasteiger partial charge in [0.25, 0.3) is 5.91 Å². The molecule has 2 aliphatic rings. The lowest BCUT2D eigenvalue weighted by Crippen LogP contribution is -2.63. The Morgan fingerprint density at radius 2 is 2.00 bits per heavy atom. The summed E-state index contributed by atoms with van der Waals surface area (Å²) in [5, 5.41) is 2.68. The summed E-state index contributed by atoms with van der Waals surface area (Å²) in [5.41, 5.74) is 0.558. The lowest BCUT2D eigenvalue weighted by Gasteiger charge is -2.40. The molecule has 7 nitrogen and oxygen atoms in total. The number of likely N-dealkylation sites (N-methyl/N-ethyl adjacent to an activating group) is 1. The van der Waals surface area contributed by atoms with Crippen LogP contribution in [-0.4, -0.2) is 66.4 Å². The number of methoxy groups -OCH3 is 1. The van der Waals surface area contributed by atoms with Gasteiger partial charge in [0.15, 0.2) is 0 Å². The lowest BCUT2D eigenvalue weighted by atomic mass is 9.93. The smallest absolute Gasteiger partial charge is 0.255 e. The first-order valence-corrected chi connectivity index (χ1v) is 9.79. The highest BCUT2D eigenvalue weighted by molar-refractivity contribution is 6.02. The van der Waals surface area contributed by atoms with Crippen LogP contribution in [0.25, 0.3) is 0 Å². The van der Waals surface area contributed by atoms with Crippen molar-refractivity contribution < 1.29 is 19.1 Å². The molecule has 0 spiro atoms. The van der Waals surface area contributed by atoms with Gasteiger partial charge in [0, 0.05) is 32.8 Å². The summed E-state index contributed by atoms with van der Waals surface area (Å²) in [7, 11) is 3.10. The minimum atomic E-state index is -1.02. The molecule has 7 heteroatoms. The van der Waals surface area contributed by atoms with E-state index in [0.29, 0.717) is 25.1 Å². The van der Waals surface area contributed by atoms with E-state index in [1.165, 1.54) is 7.11 Å². The quantitative estimate of drug-likeness (QED) is 0.801. The van der Waals surface area contributed by atoms with E-state index >= 15 is 0 Å². The van der Waals surface area contributed by atoms with Gasteiger partial charge in [-0.2, -0.15) is 0 Å². The van der Waals surface area contributed by atoms with Crippen molar-refractivity contribution in [3.05, 3.63) is 35.4 Å². The zero-order valence-corrected chi connectivity index (χ0v) is 17.0. The molecule has 0 aliphatic carbocycles. The number of carbonyl (C=O) groups is 3. The molecule has 0 radical (unpaired) electrons. The second-order valence-corrected chi connectivity index (χ2v) is 7.92. The van der Waals surface area contributed by atoms with Gasteiger partial charge in [0.2, 0.25) is 11.8 Å². The van der Waals surface area contributed by atoms with Crippen molar-refractivity contribution in [2.24, 2.45) is 5.92 Å². The van der Waals surface area contributed by atoms with Crippen LogP contribution in [0.5, 0.6) is 0 Å². The Labute approximate surface area is 166 Å². The minimum Gasteiger partial charge on any atom is -0.382 e. The number of ether oxygens (including phenoxy) is 1. The first kappa shape index (κ1) is 20.3. The van der Waals surface area contributed by atoms with Crippen molar-refractivity contribution in [3.8, 4) is 0 Å². The molecule has 2 aliphatic heterocycles. The summed E-state index contributed by atoms with van der Waals surface area (Å²) < 4.78 is 5.33. The average Bonchev–Trinajstić information content (AvgIpc) is 3.24. The van der Waals surface area contributed by atoms with Gasteiger partial charge < -0.3 is 19.9 Å². The molecule has 3 rings (SSSR count). The zero-order valence-electron chi connectivity index (χ0n) is 17.0. The first-order valence-electron chi connectivity index (χ1n) is 9.79. The van der Waals surface area contributed by atoms with Crippen molar-refractivity contribution in [2.45, 2.75) is 44.8 Å². The topological polar surface area (TPSA) is 79.0 Å².